The van der Waals surface area contributed by atoms with E-state index in [1.807, 2.05) is 12.1 Å². The van der Waals surface area contributed by atoms with Crippen LogP contribution in [0, 0.1) is 5.82 Å². The molecule has 3 rings (SSSR count). The predicted molar refractivity (Wildman–Crippen MR) is 74.4 cm³/mol. The molecule has 0 unspecified atom stereocenters. The largest absolute Gasteiger partial charge is 0.493 e. The molecule has 98 valence electrons. The second-order valence-electron chi connectivity index (χ2n) is 4.52. The van der Waals surface area contributed by atoms with Gasteiger partial charge < -0.3 is 10.1 Å². The maximum atomic E-state index is 13.0. The summed E-state index contributed by atoms with van der Waals surface area (Å²) in [6.45, 7) is 1.37. The van der Waals surface area contributed by atoms with Gasteiger partial charge >= 0.3 is 0 Å². The van der Waals surface area contributed by atoms with Gasteiger partial charge in [0.2, 0.25) is 0 Å². The van der Waals surface area contributed by atoms with Crippen LogP contribution in [0.2, 0.25) is 5.02 Å². The van der Waals surface area contributed by atoms with Crippen molar-refractivity contribution in [3.63, 3.8) is 0 Å². The first-order valence-electron chi connectivity index (χ1n) is 6.16. The van der Waals surface area contributed by atoms with Crippen LogP contribution in [-0.4, -0.2) is 6.61 Å². The van der Waals surface area contributed by atoms with Crippen LogP contribution in [0.1, 0.15) is 11.1 Å². The van der Waals surface area contributed by atoms with Crippen molar-refractivity contribution in [1.29, 1.82) is 0 Å². The lowest BCUT2D eigenvalue weighted by atomic mass is 10.1. The topological polar surface area (TPSA) is 21.3 Å². The fraction of sp³-hybridized carbons (Fsp3) is 0.200. The maximum absolute atomic E-state index is 13.0. The van der Waals surface area contributed by atoms with Gasteiger partial charge in [-0.1, -0.05) is 17.7 Å². The van der Waals surface area contributed by atoms with E-state index in [1.165, 1.54) is 11.6 Å². The summed E-state index contributed by atoms with van der Waals surface area (Å²) in [7, 11) is 0. The van der Waals surface area contributed by atoms with E-state index in [4.69, 9.17) is 16.3 Å². The van der Waals surface area contributed by atoms with Crippen LogP contribution in [0.5, 0.6) is 5.75 Å². The minimum atomic E-state index is -0.389. The molecule has 0 aliphatic carbocycles. The molecule has 0 spiro atoms. The number of hydrogen-bond acceptors (Lipinski definition) is 2. The average molecular weight is 278 g/mol. The van der Waals surface area contributed by atoms with Gasteiger partial charge in [-0.3, -0.25) is 0 Å². The SMILES string of the molecule is Fc1ccc(CNc2ccc3c(c2)CCO3)cc1Cl. The van der Waals surface area contributed by atoms with E-state index < -0.39 is 0 Å². The fourth-order valence-electron chi connectivity index (χ4n) is 2.15. The van der Waals surface area contributed by atoms with Gasteiger partial charge in [0, 0.05) is 18.7 Å². The second-order valence-corrected chi connectivity index (χ2v) is 4.93. The summed E-state index contributed by atoms with van der Waals surface area (Å²) in [6, 6.07) is 10.8. The quantitative estimate of drug-likeness (QED) is 0.915. The molecule has 2 nitrogen and oxygen atoms in total. The summed E-state index contributed by atoms with van der Waals surface area (Å²) in [4.78, 5) is 0. The molecule has 0 aromatic heterocycles. The van der Waals surface area contributed by atoms with E-state index in [-0.39, 0.29) is 10.8 Å². The number of nitrogens with one attached hydrogen (secondary N) is 1. The molecular weight excluding hydrogens is 265 g/mol. The third-order valence-electron chi connectivity index (χ3n) is 3.17. The smallest absolute Gasteiger partial charge is 0.141 e. The van der Waals surface area contributed by atoms with Gasteiger partial charge in [0.1, 0.15) is 11.6 Å². The molecule has 0 saturated heterocycles. The van der Waals surface area contributed by atoms with Crippen molar-refractivity contribution >= 4 is 17.3 Å². The number of halogens is 2. The highest BCUT2D eigenvalue weighted by atomic mass is 35.5. The monoisotopic (exact) mass is 277 g/mol. The lowest BCUT2D eigenvalue weighted by Crippen LogP contribution is -2.00. The Morgan fingerprint density at radius 3 is 2.95 bits per heavy atom. The van der Waals surface area contributed by atoms with Crippen molar-refractivity contribution in [2.45, 2.75) is 13.0 Å². The third kappa shape index (κ3) is 2.66. The average Bonchev–Trinajstić information content (AvgIpc) is 2.87. The molecule has 0 fully saturated rings. The highest BCUT2D eigenvalue weighted by Gasteiger charge is 2.11. The summed E-state index contributed by atoms with van der Waals surface area (Å²) in [5, 5.41) is 3.45. The molecule has 1 aliphatic rings. The molecule has 1 aliphatic heterocycles. The molecule has 0 bridgehead atoms. The van der Waals surface area contributed by atoms with Crippen molar-refractivity contribution in [2.24, 2.45) is 0 Å². The molecule has 4 heteroatoms. The Kier molecular flexibility index (Phi) is 3.30. The molecule has 0 radical (unpaired) electrons. The lowest BCUT2D eigenvalue weighted by molar-refractivity contribution is 0.357. The first-order valence-corrected chi connectivity index (χ1v) is 6.54. The fourth-order valence-corrected chi connectivity index (χ4v) is 2.35. The number of rotatable bonds is 3. The van der Waals surface area contributed by atoms with Crippen molar-refractivity contribution in [3.8, 4) is 5.75 Å². The van der Waals surface area contributed by atoms with E-state index in [2.05, 4.69) is 11.4 Å². The van der Waals surface area contributed by atoms with E-state index in [0.717, 1.165) is 30.0 Å². The minimum absolute atomic E-state index is 0.154. The first kappa shape index (κ1) is 12.3. The molecular formula is C15H13ClFNO. The van der Waals surface area contributed by atoms with Crippen LogP contribution in [0.4, 0.5) is 10.1 Å². The van der Waals surface area contributed by atoms with E-state index >= 15 is 0 Å². The minimum Gasteiger partial charge on any atom is -0.493 e. The predicted octanol–water partition coefficient (Wildman–Crippen LogP) is 4.03. The van der Waals surface area contributed by atoms with Crippen molar-refractivity contribution in [2.75, 3.05) is 11.9 Å². The molecule has 0 amide bonds. The van der Waals surface area contributed by atoms with Crippen LogP contribution < -0.4 is 10.1 Å². The van der Waals surface area contributed by atoms with Gasteiger partial charge in [0.15, 0.2) is 0 Å². The molecule has 0 atom stereocenters. The van der Waals surface area contributed by atoms with Gasteiger partial charge in [0.25, 0.3) is 0 Å². The number of anilines is 1. The zero-order valence-corrected chi connectivity index (χ0v) is 11.0. The summed E-state index contributed by atoms with van der Waals surface area (Å²) in [5.74, 6) is 0.579. The van der Waals surface area contributed by atoms with Gasteiger partial charge in [-0.2, -0.15) is 0 Å². The van der Waals surface area contributed by atoms with Crippen LogP contribution >= 0.6 is 11.6 Å². The van der Waals surface area contributed by atoms with E-state index in [1.54, 1.807) is 12.1 Å². The summed E-state index contributed by atoms with van der Waals surface area (Å²) >= 11 is 5.75. The number of hydrogen-bond donors (Lipinski definition) is 1. The standard InChI is InChI=1S/C15H13ClFNO/c16-13-7-10(1-3-14(13)17)9-18-12-2-4-15-11(8-12)5-6-19-15/h1-4,7-8,18H,5-6,9H2. The zero-order valence-electron chi connectivity index (χ0n) is 10.2. The van der Waals surface area contributed by atoms with Gasteiger partial charge in [0.05, 0.1) is 11.6 Å². The summed E-state index contributed by atoms with van der Waals surface area (Å²) in [5.41, 5.74) is 3.20. The van der Waals surface area contributed by atoms with E-state index in [0.29, 0.717) is 6.54 Å². The Balaban J connectivity index is 1.70. The van der Waals surface area contributed by atoms with Crippen LogP contribution in [0.3, 0.4) is 0 Å². The van der Waals surface area contributed by atoms with Crippen molar-refractivity contribution in [3.05, 3.63) is 58.4 Å². The Morgan fingerprint density at radius 1 is 1.21 bits per heavy atom. The highest BCUT2D eigenvalue weighted by molar-refractivity contribution is 6.30. The Labute approximate surface area is 116 Å². The molecule has 1 heterocycles. The number of fused-ring (bicyclic) bond motifs is 1. The highest BCUT2D eigenvalue weighted by Crippen LogP contribution is 2.28. The van der Waals surface area contributed by atoms with Crippen molar-refractivity contribution in [1.82, 2.24) is 0 Å². The van der Waals surface area contributed by atoms with Crippen molar-refractivity contribution < 1.29 is 9.13 Å². The van der Waals surface area contributed by atoms with Gasteiger partial charge in [-0.25, -0.2) is 4.39 Å². The van der Waals surface area contributed by atoms with Crippen LogP contribution in [0.15, 0.2) is 36.4 Å². The summed E-state index contributed by atoms with van der Waals surface area (Å²) in [6.07, 6.45) is 0.952. The lowest BCUT2D eigenvalue weighted by Gasteiger charge is -2.08. The van der Waals surface area contributed by atoms with Gasteiger partial charge in [-0.05, 0) is 41.5 Å². The molecule has 0 saturated carbocycles. The Morgan fingerprint density at radius 2 is 2.11 bits per heavy atom. The second kappa shape index (κ2) is 5.10. The molecule has 2 aromatic carbocycles. The number of ether oxygens (including phenoxy) is 1. The van der Waals surface area contributed by atoms with Crippen LogP contribution in [0.25, 0.3) is 0 Å². The molecule has 2 aromatic rings. The number of benzene rings is 2. The summed E-state index contributed by atoms with van der Waals surface area (Å²) < 4.78 is 18.5. The van der Waals surface area contributed by atoms with Gasteiger partial charge in [-0.15, -0.1) is 0 Å². The van der Waals surface area contributed by atoms with E-state index in [9.17, 15) is 4.39 Å². The third-order valence-corrected chi connectivity index (χ3v) is 3.46. The zero-order chi connectivity index (χ0) is 13.2. The molecule has 19 heavy (non-hydrogen) atoms. The Bertz CT molecular complexity index is 615. The normalized spacial score (nSPS) is 12.9. The maximum Gasteiger partial charge on any atom is 0.141 e. The Hall–Kier alpha value is -1.74. The molecule has 1 N–H and O–H groups in total. The first-order chi connectivity index (χ1) is 9.22. The van der Waals surface area contributed by atoms with Crippen LogP contribution in [-0.2, 0) is 13.0 Å².